The number of carbonyl (C=O) groups excluding carboxylic acids is 2. The van der Waals surface area contributed by atoms with E-state index in [0.29, 0.717) is 27.8 Å². The first kappa shape index (κ1) is 15.8. The van der Waals surface area contributed by atoms with Crippen LogP contribution in [0.5, 0.6) is 11.5 Å². The molecule has 1 atom stereocenters. The SMILES string of the molecule is COC1C2=C(Oc3ccc4ccc(O)cc4c31)C(=O)c1ccccc1C2=O. The molecule has 0 spiro atoms. The molecule has 1 N–H and O–H groups in total. The van der Waals surface area contributed by atoms with E-state index in [1.807, 2.05) is 6.07 Å². The molecule has 1 aliphatic heterocycles. The Kier molecular flexibility index (Phi) is 3.23. The van der Waals surface area contributed by atoms with Crippen molar-refractivity contribution in [1.29, 1.82) is 0 Å². The topological polar surface area (TPSA) is 72.8 Å². The van der Waals surface area contributed by atoms with Gasteiger partial charge >= 0.3 is 0 Å². The van der Waals surface area contributed by atoms with Crippen LogP contribution in [0.2, 0.25) is 0 Å². The average molecular weight is 358 g/mol. The molecule has 5 rings (SSSR count). The number of ketones is 2. The molecule has 0 saturated heterocycles. The lowest BCUT2D eigenvalue weighted by Crippen LogP contribution is -2.31. The molecule has 0 bridgehead atoms. The van der Waals surface area contributed by atoms with Crippen LogP contribution >= 0.6 is 0 Å². The third-order valence-corrected chi connectivity index (χ3v) is 5.09. The summed E-state index contributed by atoms with van der Waals surface area (Å²) in [6.07, 6.45) is -0.765. The van der Waals surface area contributed by atoms with Crippen LogP contribution in [0.4, 0.5) is 0 Å². The van der Waals surface area contributed by atoms with Crippen molar-refractivity contribution in [2.75, 3.05) is 7.11 Å². The van der Waals surface area contributed by atoms with Gasteiger partial charge in [-0.2, -0.15) is 0 Å². The van der Waals surface area contributed by atoms with Crippen molar-refractivity contribution in [3.8, 4) is 11.5 Å². The number of benzene rings is 3. The maximum absolute atomic E-state index is 13.2. The van der Waals surface area contributed by atoms with Gasteiger partial charge in [0.2, 0.25) is 5.78 Å². The van der Waals surface area contributed by atoms with Gasteiger partial charge in [-0.25, -0.2) is 0 Å². The number of hydrogen-bond donors (Lipinski definition) is 1. The normalized spacial score (nSPS) is 18.0. The smallest absolute Gasteiger partial charge is 0.229 e. The first-order valence-corrected chi connectivity index (χ1v) is 8.49. The summed E-state index contributed by atoms with van der Waals surface area (Å²) >= 11 is 0. The number of fused-ring (bicyclic) bond motifs is 4. The molecule has 0 fully saturated rings. The maximum atomic E-state index is 13.2. The molecule has 3 aromatic rings. The van der Waals surface area contributed by atoms with Crippen LogP contribution < -0.4 is 4.74 Å². The predicted molar refractivity (Wildman–Crippen MR) is 98.1 cm³/mol. The fourth-order valence-corrected chi connectivity index (χ4v) is 3.87. The van der Waals surface area contributed by atoms with Crippen molar-refractivity contribution in [3.05, 3.63) is 82.6 Å². The van der Waals surface area contributed by atoms with E-state index in [1.54, 1.807) is 48.5 Å². The second-order valence-electron chi connectivity index (χ2n) is 6.55. The number of ether oxygens (including phenoxy) is 2. The molecule has 1 heterocycles. The monoisotopic (exact) mass is 358 g/mol. The summed E-state index contributed by atoms with van der Waals surface area (Å²) in [6, 6.07) is 15.3. The Morgan fingerprint density at radius 1 is 0.963 bits per heavy atom. The van der Waals surface area contributed by atoms with Crippen molar-refractivity contribution in [1.82, 2.24) is 0 Å². The standard InChI is InChI=1S/C22H14O5/c1-26-21-17-15-10-12(23)8-6-11(15)7-9-16(17)27-22-18(21)19(24)13-4-2-3-5-14(13)20(22)25/h2-10,21,23H,1H3. The van der Waals surface area contributed by atoms with Crippen LogP contribution in [-0.2, 0) is 4.74 Å². The minimum absolute atomic E-state index is 0.0116. The highest BCUT2D eigenvalue weighted by Crippen LogP contribution is 2.47. The molecule has 132 valence electrons. The second kappa shape index (κ2) is 5.53. The van der Waals surface area contributed by atoms with E-state index in [4.69, 9.17) is 9.47 Å². The zero-order valence-corrected chi connectivity index (χ0v) is 14.4. The molecule has 27 heavy (non-hydrogen) atoms. The minimum atomic E-state index is -0.765. The number of hydrogen-bond acceptors (Lipinski definition) is 5. The van der Waals surface area contributed by atoms with E-state index < -0.39 is 6.10 Å². The molecule has 3 aromatic carbocycles. The molecule has 1 aliphatic carbocycles. The van der Waals surface area contributed by atoms with Crippen LogP contribution in [0.3, 0.4) is 0 Å². The molecular formula is C22H14O5. The van der Waals surface area contributed by atoms with Crippen molar-refractivity contribution < 1.29 is 24.2 Å². The van der Waals surface area contributed by atoms with Crippen LogP contribution in [0, 0.1) is 0 Å². The van der Waals surface area contributed by atoms with E-state index in [9.17, 15) is 14.7 Å². The lowest BCUT2D eigenvalue weighted by molar-refractivity contribution is 0.0806. The van der Waals surface area contributed by atoms with Crippen LogP contribution in [0.25, 0.3) is 10.8 Å². The molecule has 0 amide bonds. The summed E-state index contributed by atoms with van der Waals surface area (Å²) in [5.41, 5.74) is 1.51. The quantitative estimate of drug-likeness (QED) is 0.713. The summed E-state index contributed by atoms with van der Waals surface area (Å²) in [6.45, 7) is 0. The van der Waals surface area contributed by atoms with E-state index >= 15 is 0 Å². The van der Waals surface area contributed by atoms with Crippen molar-refractivity contribution in [3.63, 3.8) is 0 Å². The van der Waals surface area contributed by atoms with Gasteiger partial charge in [0.25, 0.3) is 0 Å². The lowest BCUT2D eigenvalue weighted by atomic mass is 9.81. The Morgan fingerprint density at radius 2 is 1.67 bits per heavy atom. The molecule has 2 aliphatic rings. The van der Waals surface area contributed by atoms with E-state index in [-0.39, 0.29) is 28.6 Å². The number of aromatic hydroxyl groups is 1. The van der Waals surface area contributed by atoms with Gasteiger partial charge < -0.3 is 14.6 Å². The molecule has 1 unspecified atom stereocenters. The molecule has 0 aromatic heterocycles. The largest absolute Gasteiger partial charge is 0.508 e. The van der Waals surface area contributed by atoms with Gasteiger partial charge in [-0.3, -0.25) is 9.59 Å². The van der Waals surface area contributed by atoms with Crippen molar-refractivity contribution in [2.45, 2.75) is 6.10 Å². The van der Waals surface area contributed by atoms with Gasteiger partial charge in [0.05, 0.1) is 5.57 Å². The van der Waals surface area contributed by atoms with Gasteiger partial charge in [-0.15, -0.1) is 0 Å². The van der Waals surface area contributed by atoms with Gasteiger partial charge in [-0.05, 0) is 29.0 Å². The molecule has 5 heteroatoms. The van der Waals surface area contributed by atoms with Crippen molar-refractivity contribution in [2.24, 2.45) is 0 Å². The minimum Gasteiger partial charge on any atom is -0.508 e. The van der Waals surface area contributed by atoms with Gasteiger partial charge in [-0.1, -0.05) is 36.4 Å². The Morgan fingerprint density at radius 3 is 2.41 bits per heavy atom. The Hall–Kier alpha value is -3.44. The highest BCUT2D eigenvalue weighted by atomic mass is 16.5. The van der Waals surface area contributed by atoms with E-state index in [2.05, 4.69) is 0 Å². The number of phenols is 1. The summed E-state index contributed by atoms with van der Waals surface area (Å²) < 4.78 is 11.6. The van der Waals surface area contributed by atoms with Crippen molar-refractivity contribution >= 4 is 22.3 Å². The van der Waals surface area contributed by atoms with Gasteiger partial charge in [0.1, 0.15) is 17.6 Å². The van der Waals surface area contributed by atoms with Gasteiger partial charge in [0, 0.05) is 23.8 Å². The Bertz CT molecular complexity index is 1190. The second-order valence-corrected chi connectivity index (χ2v) is 6.55. The van der Waals surface area contributed by atoms with Crippen LogP contribution in [0.15, 0.2) is 65.9 Å². The first-order chi connectivity index (χ1) is 13.1. The zero-order chi connectivity index (χ0) is 18.7. The number of carbonyl (C=O) groups is 2. The summed E-state index contributed by atoms with van der Waals surface area (Å²) in [4.78, 5) is 26.1. The maximum Gasteiger partial charge on any atom is 0.229 e. The van der Waals surface area contributed by atoms with E-state index in [1.165, 1.54) is 7.11 Å². The fraction of sp³-hybridized carbons (Fsp3) is 0.0909. The average Bonchev–Trinajstić information content (AvgIpc) is 2.70. The van der Waals surface area contributed by atoms with E-state index in [0.717, 1.165) is 5.39 Å². The highest BCUT2D eigenvalue weighted by molar-refractivity contribution is 6.27. The summed E-state index contributed by atoms with van der Waals surface area (Å²) in [7, 11) is 1.49. The third-order valence-electron chi connectivity index (χ3n) is 5.09. The first-order valence-electron chi connectivity index (χ1n) is 8.49. The number of rotatable bonds is 1. The number of methoxy groups -OCH3 is 1. The fourth-order valence-electron chi connectivity index (χ4n) is 3.87. The highest BCUT2D eigenvalue weighted by Gasteiger charge is 2.43. The van der Waals surface area contributed by atoms with Gasteiger partial charge in [0.15, 0.2) is 11.5 Å². The Labute approximate surface area is 154 Å². The molecule has 5 nitrogen and oxygen atoms in total. The van der Waals surface area contributed by atoms with Crippen LogP contribution in [0.1, 0.15) is 32.4 Å². The zero-order valence-electron chi connectivity index (χ0n) is 14.4. The molecule has 0 radical (unpaired) electrons. The predicted octanol–water partition coefficient (Wildman–Crippen LogP) is 3.96. The number of Topliss-reactive ketones (excluding diaryl/α,β-unsaturated/α-hetero) is 2. The molecule has 0 saturated carbocycles. The lowest BCUT2D eigenvalue weighted by Gasteiger charge is -2.32. The molecular weight excluding hydrogens is 344 g/mol. The number of phenolic OH excluding ortho intramolecular Hbond substituents is 1. The summed E-state index contributed by atoms with van der Waals surface area (Å²) in [5.74, 6) is -0.0579. The Balaban J connectivity index is 1.80. The number of allylic oxidation sites excluding steroid dienone is 1. The van der Waals surface area contributed by atoms with Crippen LogP contribution in [-0.4, -0.2) is 23.8 Å². The third kappa shape index (κ3) is 2.09. The summed E-state index contributed by atoms with van der Waals surface area (Å²) in [5, 5.41) is 11.5.